The Morgan fingerprint density at radius 2 is 1.84 bits per heavy atom. The summed E-state index contributed by atoms with van der Waals surface area (Å²) in [6.45, 7) is 3.33. The molecule has 0 amide bonds. The van der Waals surface area contributed by atoms with Gasteiger partial charge in [-0.3, -0.25) is 9.71 Å². The number of carboxylic acid groups (broad SMARTS) is 1. The van der Waals surface area contributed by atoms with E-state index in [9.17, 15) is 18.3 Å². The number of para-hydroxylation sites is 1. The first-order valence-corrected chi connectivity index (χ1v) is 8.99. The molecule has 6 nitrogen and oxygen atoms in total. The minimum absolute atomic E-state index is 0.0576. The second-order valence-corrected chi connectivity index (χ2v) is 7.36. The van der Waals surface area contributed by atoms with E-state index in [2.05, 4.69) is 9.71 Å². The molecule has 2 N–H and O–H groups in total. The van der Waals surface area contributed by atoms with E-state index < -0.39 is 16.0 Å². The fraction of sp³-hybridized carbons (Fsp3) is 0.111. The summed E-state index contributed by atoms with van der Waals surface area (Å²) < 4.78 is 28.3. The molecule has 3 aromatic rings. The second kappa shape index (κ2) is 6.18. The maximum Gasteiger partial charge on any atom is 0.335 e. The van der Waals surface area contributed by atoms with E-state index in [-0.39, 0.29) is 10.5 Å². The number of fused-ring (bicyclic) bond motifs is 1. The Morgan fingerprint density at radius 3 is 2.56 bits per heavy atom. The molecule has 1 heterocycles. The molecule has 128 valence electrons. The molecule has 0 aliphatic heterocycles. The molecule has 0 spiro atoms. The Balaban J connectivity index is 2.13. The van der Waals surface area contributed by atoms with Crippen LogP contribution in [0.15, 0.2) is 53.6 Å². The van der Waals surface area contributed by atoms with Crippen LogP contribution in [0.4, 0.5) is 5.69 Å². The number of rotatable bonds is 4. The lowest BCUT2D eigenvalue weighted by atomic mass is 10.1. The first kappa shape index (κ1) is 16.9. The van der Waals surface area contributed by atoms with Crippen LogP contribution in [0.3, 0.4) is 0 Å². The van der Waals surface area contributed by atoms with Crippen molar-refractivity contribution in [3.63, 3.8) is 0 Å². The van der Waals surface area contributed by atoms with Crippen molar-refractivity contribution >= 4 is 32.6 Å². The molecule has 7 heteroatoms. The Hall–Kier alpha value is -2.93. The molecule has 0 saturated heterocycles. The third kappa shape index (κ3) is 3.18. The minimum atomic E-state index is -3.97. The van der Waals surface area contributed by atoms with Gasteiger partial charge in [0.1, 0.15) is 0 Å². The van der Waals surface area contributed by atoms with Crippen LogP contribution in [-0.4, -0.2) is 24.5 Å². The topological polar surface area (TPSA) is 96.4 Å². The number of carboxylic acids is 1. The van der Waals surface area contributed by atoms with Gasteiger partial charge in [0.25, 0.3) is 10.0 Å². The first-order valence-electron chi connectivity index (χ1n) is 7.51. The van der Waals surface area contributed by atoms with Crippen LogP contribution in [0.1, 0.15) is 21.5 Å². The molecule has 2 aromatic carbocycles. The molecule has 25 heavy (non-hydrogen) atoms. The summed E-state index contributed by atoms with van der Waals surface area (Å²) in [6.07, 6.45) is 1.58. The summed E-state index contributed by atoms with van der Waals surface area (Å²) in [5.41, 5.74) is 1.90. The Bertz CT molecular complexity index is 1090. The SMILES string of the molecule is Cc1cc(C(=O)O)cc(S(=O)(=O)Nc2cccc3cccnc23)c1C. The molecule has 0 atom stereocenters. The lowest BCUT2D eigenvalue weighted by molar-refractivity contribution is 0.0696. The predicted molar refractivity (Wildman–Crippen MR) is 95.4 cm³/mol. The van der Waals surface area contributed by atoms with E-state index in [1.165, 1.54) is 12.1 Å². The molecule has 0 radical (unpaired) electrons. The number of hydrogen-bond donors (Lipinski definition) is 2. The van der Waals surface area contributed by atoms with Crippen molar-refractivity contribution in [3.05, 3.63) is 65.4 Å². The first-order chi connectivity index (χ1) is 11.8. The molecule has 0 saturated carbocycles. The number of aryl methyl sites for hydroxylation is 1. The highest BCUT2D eigenvalue weighted by Gasteiger charge is 2.21. The largest absolute Gasteiger partial charge is 0.478 e. The molecule has 3 rings (SSSR count). The van der Waals surface area contributed by atoms with Crippen molar-refractivity contribution in [1.29, 1.82) is 0 Å². The van der Waals surface area contributed by atoms with Gasteiger partial charge in [0.05, 0.1) is 21.7 Å². The van der Waals surface area contributed by atoms with Crippen LogP contribution in [-0.2, 0) is 10.0 Å². The average molecular weight is 356 g/mol. The van der Waals surface area contributed by atoms with Crippen molar-refractivity contribution in [3.8, 4) is 0 Å². The van der Waals surface area contributed by atoms with Crippen molar-refractivity contribution in [1.82, 2.24) is 4.98 Å². The zero-order valence-electron chi connectivity index (χ0n) is 13.6. The van der Waals surface area contributed by atoms with Crippen LogP contribution in [0.25, 0.3) is 10.9 Å². The molecular weight excluding hydrogens is 340 g/mol. The van der Waals surface area contributed by atoms with Crippen molar-refractivity contribution < 1.29 is 18.3 Å². The lowest BCUT2D eigenvalue weighted by Crippen LogP contribution is -2.16. The summed E-state index contributed by atoms with van der Waals surface area (Å²) in [4.78, 5) is 15.4. The summed E-state index contributed by atoms with van der Waals surface area (Å²) in [7, 11) is -3.97. The third-order valence-electron chi connectivity index (χ3n) is 4.03. The number of sulfonamides is 1. The van der Waals surface area contributed by atoms with E-state index >= 15 is 0 Å². The van der Waals surface area contributed by atoms with E-state index in [1.807, 2.05) is 12.1 Å². The molecule has 0 aliphatic carbocycles. The van der Waals surface area contributed by atoms with E-state index in [4.69, 9.17) is 0 Å². The third-order valence-corrected chi connectivity index (χ3v) is 5.52. The number of nitrogens with zero attached hydrogens (tertiary/aromatic N) is 1. The smallest absolute Gasteiger partial charge is 0.335 e. The second-order valence-electron chi connectivity index (χ2n) is 5.71. The van der Waals surface area contributed by atoms with Crippen LogP contribution in [0, 0.1) is 13.8 Å². The maximum absolute atomic E-state index is 12.9. The van der Waals surface area contributed by atoms with Crippen molar-refractivity contribution in [2.75, 3.05) is 4.72 Å². The highest BCUT2D eigenvalue weighted by atomic mass is 32.2. The fourth-order valence-electron chi connectivity index (χ4n) is 2.62. The number of benzene rings is 2. The van der Waals surface area contributed by atoms with Gasteiger partial charge in [-0.1, -0.05) is 18.2 Å². The summed E-state index contributed by atoms with van der Waals surface area (Å²) in [6, 6.07) is 11.4. The number of hydrogen-bond acceptors (Lipinski definition) is 4. The maximum atomic E-state index is 12.9. The summed E-state index contributed by atoms with van der Waals surface area (Å²) in [5.74, 6) is -1.17. The van der Waals surface area contributed by atoms with Crippen LogP contribution in [0.5, 0.6) is 0 Å². The van der Waals surface area contributed by atoms with Gasteiger partial charge in [0.15, 0.2) is 0 Å². The lowest BCUT2D eigenvalue weighted by Gasteiger charge is -2.14. The van der Waals surface area contributed by atoms with Crippen LogP contribution in [0.2, 0.25) is 0 Å². The molecular formula is C18H16N2O4S. The quantitative estimate of drug-likeness (QED) is 0.747. The number of nitrogens with one attached hydrogen (secondary N) is 1. The normalized spacial score (nSPS) is 11.4. The Kier molecular flexibility index (Phi) is 4.18. The molecule has 0 bridgehead atoms. The van der Waals surface area contributed by atoms with E-state index in [0.29, 0.717) is 22.3 Å². The zero-order chi connectivity index (χ0) is 18.2. The van der Waals surface area contributed by atoms with Crippen molar-refractivity contribution in [2.24, 2.45) is 0 Å². The van der Waals surface area contributed by atoms with Gasteiger partial charge in [-0.2, -0.15) is 0 Å². The predicted octanol–water partition coefficient (Wildman–Crippen LogP) is 3.35. The highest BCUT2D eigenvalue weighted by molar-refractivity contribution is 7.92. The minimum Gasteiger partial charge on any atom is -0.478 e. The zero-order valence-corrected chi connectivity index (χ0v) is 14.5. The van der Waals surface area contributed by atoms with Gasteiger partial charge in [0, 0.05) is 11.6 Å². The molecule has 0 aliphatic rings. The summed E-state index contributed by atoms with van der Waals surface area (Å²) >= 11 is 0. The number of aromatic nitrogens is 1. The van der Waals surface area contributed by atoms with E-state index in [1.54, 1.807) is 38.2 Å². The standard InChI is InChI=1S/C18H16N2O4S/c1-11-9-14(18(21)22)10-16(12(11)2)25(23,24)20-15-7-3-5-13-6-4-8-19-17(13)15/h3-10,20H,1-2H3,(H,21,22). The summed E-state index contributed by atoms with van der Waals surface area (Å²) in [5, 5.41) is 10.00. The van der Waals surface area contributed by atoms with Gasteiger partial charge in [-0.25, -0.2) is 13.2 Å². The number of anilines is 1. The van der Waals surface area contributed by atoms with Crippen LogP contribution >= 0.6 is 0 Å². The monoisotopic (exact) mass is 356 g/mol. The highest BCUT2D eigenvalue weighted by Crippen LogP contribution is 2.27. The number of carbonyl (C=O) groups is 1. The van der Waals surface area contributed by atoms with Gasteiger partial charge >= 0.3 is 5.97 Å². The van der Waals surface area contributed by atoms with E-state index in [0.717, 1.165) is 5.39 Å². The average Bonchev–Trinajstić information content (AvgIpc) is 2.57. The Morgan fingerprint density at radius 1 is 1.12 bits per heavy atom. The Labute approximate surface area is 145 Å². The van der Waals surface area contributed by atoms with Crippen LogP contribution < -0.4 is 4.72 Å². The van der Waals surface area contributed by atoms with Gasteiger partial charge in [-0.15, -0.1) is 0 Å². The number of pyridine rings is 1. The molecule has 0 fully saturated rings. The van der Waals surface area contributed by atoms with Crippen molar-refractivity contribution in [2.45, 2.75) is 18.7 Å². The molecule has 1 aromatic heterocycles. The molecule has 0 unspecified atom stereocenters. The van der Waals surface area contributed by atoms with Gasteiger partial charge in [0.2, 0.25) is 0 Å². The fourth-order valence-corrected chi connectivity index (χ4v) is 4.03. The van der Waals surface area contributed by atoms with Gasteiger partial charge < -0.3 is 5.11 Å². The number of aromatic carboxylic acids is 1. The van der Waals surface area contributed by atoms with Gasteiger partial charge in [-0.05, 0) is 49.2 Å².